The van der Waals surface area contributed by atoms with Crippen molar-refractivity contribution in [3.05, 3.63) is 34.1 Å². The molecule has 15 heavy (non-hydrogen) atoms. The maximum absolute atomic E-state index is 5.91. The Morgan fingerprint density at radius 1 is 1.40 bits per heavy atom. The van der Waals surface area contributed by atoms with Gasteiger partial charge in [-0.1, -0.05) is 44.0 Å². The largest absolute Gasteiger partial charge is 0.236 e. The van der Waals surface area contributed by atoms with Gasteiger partial charge in [-0.2, -0.15) is 0 Å². The van der Waals surface area contributed by atoms with Gasteiger partial charge in [0.15, 0.2) is 0 Å². The second-order valence-electron chi connectivity index (χ2n) is 4.59. The molecule has 0 saturated carbocycles. The fourth-order valence-corrected chi connectivity index (χ4v) is 2.25. The first-order valence-electron chi connectivity index (χ1n) is 5.45. The van der Waals surface area contributed by atoms with Crippen molar-refractivity contribution in [2.45, 2.75) is 33.1 Å². The molecule has 2 heteroatoms. The molecule has 0 spiro atoms. The Hall–Kier alpha value is -0.820. The number of aromatic nitrogens is 1. The normalized spacial score (nSPS) is 20.1. The Morgan fingerprint density at radius 2 is 2.13 bits per heavy atom. The fourth-order valence-electron chi connectivity index (χ4n) is 2.09. The lowest BCUT2D eigenvalue weighted by molar-refractivity contribution is 0.644. The lowest BCUT2D eigenvalue weighted by atomic mass is 9.83. The van der Waals surface area contributed by atoms with E-state index in [0.717, 1.165) is 12.1 Å². The Bertz CT molecular complexity index is 407. The van der Waals surface area contributed by atoms with Crippen molar-refractivity contribution in [2.75, 3.05) is 0 Å². The van der Waals surface area contributed by atoms with E-state index in [4.69, 9.17) is 11.6 Å². The molecule has 1 aromatic heterocycles. The van der Waals surface area contributed by atoms with Gasteiger partial charge in [0.25, 0.3) is 0 Å². The standard InChI is InChI=1S/C13H16ClN/c1-8(2)10-6-9(3)11-4-5-13(14)15-12(11)7-10/h4-5,7-9H,6H2,1-3H3/t9-/m1/s1. The predicted octanol–water partition coefficient (Wildman–Crippen LogP) is 4.28. The van der Waals surface area contributed by atoms with Crippen LogP contribution in [0.25, 0.3) is 6.08 Å². The van der Waals surface area contributed by atoms with Crippen LogP contribution in [0.15, 0.2) is 17.7 Å². The summed E-state index contributed by atoms with van der Waals surface area (Å²) >= 11 is 5.91. The van der Waals surface area contributed by atoms with Gasteiger partial charge in [0, 0.05) is 0 Å². The molecule has 0 fully saturated rings. The van der Waals surface area contributed by atoms with Crippen molar-refractivity contribution < 1.29 is 0 Å². The maximum Gasteiger partial charge on any atom is 0.129 e. The first-order valence-corrected chi connectivity index (χ1v) is 5.82. The SMILES string of the molecule is CC(C)C1=Cc2nc(Cl)ccc2[C@H](C)C1. The van der Waals surface area contributed by atoms with Crippen molar-refractivity contribution in [1.29, 1.82) is 0 Å². The van der Waals surface area contributed by atoms with Gasteiger partial charge in [0.1, 0.15) is 5.15 Å². The molecule has 0 amide bonds. The molecule has 1 aliphatic carbocycles. The minimum atomic E-state index is 0.562. The van der Waals surface area contributed by atoms with Crippen LogP contribution < -0.4 is 0 Å². The molecule has 2 rings (SSSR count). The molecule has 1 aliphatic rings. The smallest absolute Gasteiger partial charge is 0.129 e. The van der Waals surface area contributed by atoms with E-state index in [-0.39, 0.29) is 0 Å². The van der Waals surface area contributed by atoms with Crippen LogP contribution in [-0.2, 0) is 0 Å². The van der Waals surface area contributed by atoms with Crippen LogP contribution >= 0.6 is 11.6 Å². The van der Waals surface area contributed by atoms with Crippen molar-refractivity contribution in [1.82, 2.24) is 4.98 Å². The molecule has 0 bridgehead atoms. The van der Waals surface area contributed by atoms with E-state index in [1.54, 1.807) is 0 Å². The fraction of sp³-hybridized carbons (Fsp3) is 0.462. The average molecular weight is 222 g/mol. The second-order valence-corrected chi connectivity index (χ2v) is 4.97. The maximum atomic E-state index is 5.91. The summed E-state index contributed by atoms with van der Waals surface area (Å²) in [7, 11) is 0. The number of hydrogen-bond donors (Lipinski definition) is 0. The van der Waals surface area contributed by atoms with Crippen LogP contribution in [0.1, 0.15) is 44.4 Å². The van der Waals surface area contributed by atoms with Crippen LogP contribution in [0.5, 0.6) is 0 Å². The molecule has 1 nitrogen and oxygen atoms in total. The number of halogens is 1. The third-order valence-electron chi connectivity index (χ3n) is 3.06. The van der Waals surface area contributed by atoms with Gasteiger partial charge in [-0.15, -0.1) is 0 Å². The Kier molecular flexibility index (Phi) is 2.83. The third kappa shape index (κ3) is 2.07. The molecule has 0 saturated heterocycles. The summed E-state index contributed by atoms with van der Waals surface area (Å²) in [4.78, 5) is 4.39. The highest BCUT2D eigenvalue weighted by molar-refractivity contribution is 6.29. The molecule has 0 radical (unpaired) electrons. The summed E-state index contributed by atoms with van der Waals surface area (Å²) in [6.45, 7) is 6.71. The molecule has 1 heterocycles. The third-order valence-corrected chi connectivity index (χ3v) is 3.27. The summed E-state index contributed by atoms with van der Waals surface area (Å²) < 4.78 is 0. The Labute approximate surface area is 96.2 Å². The van der Waals surface area contributed by atoms with Gasteiger partial charge < -0.3 is 0 Å². The highest BCUT2D eigenvalue weighted by atomic mass is 35.5. The summed E-state index contributed by atoms with van der Waals surface area (Å²) in [6.07, 6.45) is 3.35. The van der Waals surface area contributed by atoms with Crippen LogP contribution in [0.4, 0.5) is 0 Å². The van der Waals surface area contributed by atoms with Crippen molar-refractivity contribution in [2.24, 2.45) is 5.92 Å². The first-order chi connectivity index (χ1) is 7.08. The van der Waals surface area contributed by atoms with E-state index in [9.17, 15) is 0 Å². The van der Waals surface area contributed by atoms with Gasteiger partial charge in [-0.25, -0.2) is 4.98 Å². The molecular formula is C13H16ClN. The monoisotopic (exact) mass is 221 g/mol. The van der Waals surface area contributed by atoms with Crippen LogP contribution in [0.2, 0.25) is 5.15 Å². The topological polar surface area (TPSA) is 12.9 Å². The zero-order chi connectivity index (χ0) is 11.0. The number of pyridine rings is 1. The first kappa shape index (κ1) is 10.7. The minimum Gasteiger partial charge on any atom is -0.236 e. The van der Waals surface area contributed by atoms with Gasteiger partial charge in [0.2, 0.25) is 0 Å². The molecule has 1 aromatic rings. The second kappa shape index (κ2) is 3.97. The van der Waals surface area contributed by atoms with E-state index in [1.165, 1.54) is 11.1 Å². The molecule has 1 atom stereocenters. The van der Waals surface area contributed by atoms with Crippen LogP contribution in [0, 0.1) is 5.92 Å². The van der Waals surface area contributed by atoms with E-state index in [2.05, 4.69) is 37.9 Å². The summed E-state index contributed by atoms with van der Waals surface area (Å²) in [5, 5.41) is 0.585. The Balaban J connectivity index is 2.49. The van der Waals surface area contributed by atoms with E-state index in [0.29, 0.717) is 17.0 Å². The van der Waals surface area contributed by atoms with Crippen molar-refractivity contribution in [3.8, 4) is 0 Å². The number of hydrogen-bond acceptors (Lipinski definition) is 1. The summed E-state index contributed by atoms with van der Waals surface area (Å²) in [6, 6.07) is 3.98. The molecule has 0 aliphatic heterocycles. The van der Waals surface area contributed by atoms with Gasteiger partial charge in [-0.05, 0) is 36.0 Å². The van der Waals surface area contributed by atoms with Gasteiger partial charge in [0.05, 0.1) is 5.69 Å². The zero-order valence-corrected chi connectivity index (χ0v) is 10.2. The van der Waals surface area contributed by atoms with Crippen molar-refractivity contribution >= 4 is 17.7 Å². The molecule has 0 aromatic carbocycles. The van der Waals surface area contributed by atoms with Crippen LogP contribution in [0.3, 0.4) is 0 Å². The van der Waals surface area contributed by atoms with Gasteiger partial charge >= 0.3 is 0 Å². The number of allylic oxidation sites excluding steroid dienone is 1. The molecule has 80 valence electrons. The summed E-state index contributed by atoms with van der Waals surface area (Å²) in [5.74, 6) is 1.16. The quantitative estimate of drug-likeness (QED) is 0.645. The number of rotatable bonds is 1. The number of fused-ring (bicyclic) bond motifs is 1. The lowest BCUT2D eigenvalue weighted by Gasteiger charge is -2.24. The Morgan fingerprint density at radius 3 is 2.80 bits per heavy atom. The van der Waals surface area contributed by atoms with Crippen molar-refractivity contribution in [3.63, 3.8) is 0 Å². The number of nitrogens with zero attached hydrogens (tertiary/aromatic N) is 1. The average Bonchev–Trinajstić information content (AvgIpc) is 2.16. The van der Waals surface area contributed by atoms with E-state index in [1.807, 2.05) is 6.07 Å². The van der Waals surface area contributed by atoms with Gasteiger partial charge in [-0.3, -0.25) is 0 Å². The molecule has 0 N–H and O–H groups in total. The highest BCUT2D eigenvalue weighted by Crippen LogP contribution is 2.35. The van der Waals surface area contributed by atoms with E-state index < -0.39 is 0 Å². The predicted molar refractivity (Wildman–Crippen MR) is 65.1 cm³/mol. The highest BCUT2D eigenvalue weighted by Gasteiger charge is 2.20. The zero-order valence-electron chi connectivity index (χ0n) is 9.42. The molecule has 0 unspecified atom stereocenters. The summed E-state index contributed by atoms with van der Waals surface area (Å²) in [5.41, 5.74) is 3.86. The van der Waals surface area contributed by atoms with Crippen LogP contribution in [-0.4, -0.2) is 4.98 Å². The molecular weight excluding hydrogens is 206 g/mol. The lowest BCUT2D eigenvalue weighted by Crippen LogP contribution is -2.09. The minimum absolute atomic E-state index is 0.562. The van der Waals surface area contributed by atoms with E-state index >= 15 is 0 Å².